The Labute approximate surface area is 192 Å². The van der Waals surface area contributed by atoms with Crippen LogP contribution in [-0.2, 0) is 10.0 Å². The molecule has 1 atom stereocenters. The monoisotopic (exact) mass is 472 g/mol. The van der Waals surface area contributed by atoms with Crippen molar-refractivity contribution < 1.29 is 17.6 Å². The van der Waals surface area contributed by atoms with E-state index in [0.29, 0.717) is 16.1 Å². The molecule has 0 bridgehead atoms. The summed E-state index contributed by atoms with van der Waals surface area (Å²) in [6, 6.07) is 18.0. The maximum absolute atomic E-state index is 13.8. The number of rotatable bonds is 5. The van der Waals surface area contributed by atoms with Gasteiger partial charge in [-0.05, 0) is 61.4 Å². The highest BCUT2D eigenvalue weighted by molar-refractivity contribution is 7.89. The van der Waals surface area contributed by atoms with Crippen molar-refractivity contribution in [3.05, 3.63) is 89.2 Å². The molecule has 3 aromatic carbocycles. The van der Waals surface area contributed by atoms with Gasteiger partial charge in [0, 0.05) is 16.6 Å². The highest BCUT2D eigenvalue weighted by Crippen LogP contribution is 2.37. The molecule has 1 aliphatic heterocycles. The van der Waals surface area contributed by atoms with E-state index in [2.05, 4.69) is 0 Å². The third-order valence-corrected chi connectivity index (χ3v) is 7.59. The van der Waals surface area contributed by atoms with Crippen molar-refractivity contribution in [2.45, 2.75) is 30.8 Å². The molecule has 0 saturated carbocycles. The molecule has 32 heavy (non-hydrogen) atoms. The van der Waals surface area contributed by atoms with Crippen molar-refractivity contribution in [3.8, 4) is 11.1 Å². The molecule has 0 N–H and O–H groups in total. The maximum Gasteiger partial charge on any atom is 0.334 e. The summed E-state index contributed by atoms with van der Waals surface area (Å²) >= 11 is 6.28. The molecule has 0 spiro atoms. The summed E-state index contributed by atoms with van der Waals surface area (Å²) in [5.74, 6) is -0.408. The lowest BCUT2D eigenvalue weighted by Gasteiger charge is -2.27. The molecule has 8 heteroatoms. The molecule has 5 nitrogen and oxygen atoms in total. The zero-order chi connectivity index (χ0) is 23.0. The summed E-state index contributed by atoms with van der Waals surface area (Å²) in [7, 11) is -4.00. The largest absolute Gasteiger partial charge is 0.334 e. The lowest BCUT2D eigenvalue weighted by Crippen LogP contribution is -2.39. The van der Waals surface area contributed by atoms with Gasteiger partial charge in [0.15, 0.2) is 0 Å². The summed E-state index contributed by atoms with van der Waals surface area (Å²) in [6.07, 6.45) is 0. The van der Waals surface area contributed by atoms with Crippen molar-refractivity contribution in [1.29, 1.82) is 0 Å². The van der Waals surface area contributed by atoms with Crippen LogP contribution in [-0.4, -0.2) is 36.2 Å². The van der Waals surface area contributed by atoms with Crippen LogP contribution in [0.3, 0.4) is 0 Å². The third kappa shape index (κ3) is 3.98. The molecule has 0 radical (unpaired) electrons. The van der Waals surface area contributed by atoms with E-state index in [9.17, 15) is 17.6 Å². The highest BCUT2D eigenvalue weighted by atomic mass is 35.5. The molecule has 4 rings (SSSR count). The SMILES string of the molecule is CC(C)N1C(=O)N(S(=O)(=O)c2ccccc2)CC1c1cccc(-c2cc(F)ccc2Cl)c1. The number of benzene rings is 3. The first-order valence-electron chi connectivity index (χ1n) is 10.2. The van der Waals surface area contributed by atoms with E-state index in [1.165, 1.54) is 30.3 Å². The molecule has 166 valence electrons. The van der Waals surface area contributed by atoms with Crippen molar-refractivity contribution in [2.75, 3.05) is 6.54 Å². The zero-order valence-corrected chi connectivity index (χ0v) is 19.1. The normalized spacial score (nSPS) is 16.8. The Bertz CT molecular complexity index is 1270. The van der Waals surface area contributed by atoms with Crippen LogP contribution in [0.25, 0.3) is 11.1 Å². The average molecular weight is 473 g/mol. The first-order chi connectivity index (χ1) is 15.2. The van der Waals surface area contributed by atoms with Gasteiger partial charge in [-0.3, -0.25) is 0 Å². The summed E-state index contributed by atoms with van der Waals surface area (Å²) in [5.41, 5.74) is 1.96. The minimum absolute atomic E-state index is 0.0193. The Morgan fingerprint density at radius 1 is 1.00 bits per heavy atom. The van der Waals surface area contributed by atoms with E-state index in [-0.39, 0.29) is 17.5 Å². The summed E-state index contributed by atoms with van der Waals surface area (Å²) in [4.78, 5) is 14.8. The number of amides is 2. The van der Waals surface area contributed by atoms with Crippen LogP contribution < -0.4 is 0 Å². The summed E-state index contributed by atoms with van der Waals surface area (Å²) in [6.45, 7) is 3.67. The molecule has 3 aromatic rings. The lowest BCUT2D eigenvalue weighted by molar-refractivity contribution is 0.181. The second kappa shape index (κ2) is 8.56. The highest BCUT2D eigenvalue weighted by Gasteiger charge is 2.45. The standard InChI is InChI=1S/C24H22ClFN2O3S/c1-16(2)28-23(15-27(24(28)29)32(30,31)20-9-4-3-5-10-20)18-8-6-7-17(13-18)21-14-19(26)11-12-22(21)25/h3-14,16,23H,15H2,1-2H3. The minimum Gasteiger partial charge on any atom is -0.312 e. The fraction of sp³-hybridized carbons (Fsp3) is 0.208. The van der Waals surface area contributed by atoms with Gasteiger partial charge in [-0.25, -0.2) is 21.9 Å². The Kier molecular flexibility index (Phi) is 5.97. The Morgan fingerprint density at radius 3 is 2.41 bits per heavy atom. The van der Waals surface area contributed by atoms with Crippen LogP contribution >= 0.6 is 11.6 Å². The molecule has 0 aliphatic carbocycles. The van der Waals surface area contributed by atoms with E-state index in [1.54, 1.807) is 35.2 Å². The topological polar surface area (TPSA) is 57.7 Å². The molecule has 0 aromatic heterocycles. The van der Waals surface area contributed by atoms with Crippen LogP contribution in [0.5, 0.6) is 0 Å². The Morgan fingerprint density at radius 2 is 1.72 bits per heavy atom. The average Bonchev–Trinajstić information content (AvgIpc) is 3.14. The first kappa shape index (κ1) is 22.3. The molecule has 1 fully saturated rings. The Hall–Kier alpha value is -2.90. The quantitative estimate of drug-likeness (QED) is 0.477. The lowest BCUT2D eigenvalue weighted by atomic mass is 9.98. The predicted octanol–water partition coefficient (Wildman–Crippen LogP) is 5.72. The van der Waals surface area contributed by atoms with Crippen molar-refractivity contribution in [3.63, 3.8) is 0 Å². The van der Waals surface area contributed by atoms with Crippen molar-refractivity contribution in [1.82, 2.24) is 9.21 Å². The van der Waals surface area contributed by atoms with Gasteiger partial charge >= 0.3 is 6.03 Å². The number of carbonyl (C=O) groups is 1. The molecule has 1 unspecified atom stereocenters. The minimum atomic E-state index is -4.00. The van der Waals surface area contributed by atoms with Crippen molar-refractivity contribution >= 4 is 27.7 Å². The van der Waals surface area contributed by atoms with Gasteiger partial charge in [-0.2, -0.15) is 0 Å². The molecule has 1 saturated heterocycles. The van der Waals surface area contributed by atoms with Crippen LogP contribution in [0, 0.1) is 5.82 Å². The fourth-order valence-electron chi connectivity index (χ4n) is 3.98. The molecular weight excluding hydrogens is 451 g/mol. The number of nitrogens with zero attached hydrogens (tertiary/aromatic N) is 2. The zero-order valence-electron chi connectivity index (χ0n) is 17.6. The van der Waals surface area contributed by atoms with Gasteiger partial charge in [0.2, 0.25) is 0 Å². The number of carbonyl (C=O) groups excluding carboxylic acids is 1. The van der Waals surface area contributed by atoms with Gasteiger partial charge in [0.1, 0.15) is 5.82 Å². The van der Waals surface area contributed by atoms with E-state index < -0.39 is 27.9 Å². The van der Waals surface area contributed by atoms with Crippen molar-refractivity contribution in [2.24, 2.45) is 0 Å². The van der Waals surface area contributed by atoms with Gasteiger partial charge in [-0.15, -0.1) is 0 Å². The number of halogens is 2. The number of urea groups is 1. The van der Waals surface area contributed by atoms with Crippen LogP contribution in [0.15, 0.2) is 77.7 Å². The van der Waals surface area contributed by atoms with Gasteiger partial charge in [0.25, 0.3) is 10.0 Å². The number of hydrogen-bond donors (Lipinski definition) is 0. The molecule has 2 amide bonds. The molecular formula is C24H22ClFN2O3S. The van der Waals surface area contributed by atoms with E-state index in [0.717, 1.165) is 9.87 Å². The smallest absolute Gasteiger partial charge is 0.312 e. The van der Waals surface area contributed by atoms with E-state index in [4.69, 9.17) is 11.6 Å². The fourth-order valence-corrected chi connectivity index (χ4v) is 5.60. The van der Waals surface area contributed by atoms with E-state index >= 15 is 0 Å². The molecule has 1 heterocycles. The number of sulfonamides is 1. The third-order valence-electron chi connectivity index (χ3n) is 5.51. The second-order valence-electron chi connectivity index (χ2n) is 7.90. The van der Waals surface area contributed by atoms with Gasteiger partial charge in [0.05, 0.1) is 17.5 Å². The van der Waals surface area contributed by atoms with E-state index in [1.807, 2.05) is 26.0 Å². The molecule has 1 aliphatic rings. The summed E-state index contributed by atoms with van der Waals surface area (Å²) in [5, 5.41) is 0.403. The van der Waals surface area contributed by atoms with Crippen LogP contribution in [0.2, 0.25) is 5.02 Å². The predicted molar refractivity (Wildman–Crippen MR) is 122 cm³/mol. The maximum atomic E-state index is 13.8. The van der Waals surface area contributed by atoms with Gasteiger partial charge in [-0.1, -0.05) is 48.0 Å². The first-order valence-corrected chi connectivity index (χ1v) is 12.0. The summed E-state index contributed by atoms with van der Waals surface area (Å²) < 4.78 is 41.1. The Balaban J connectivity index is 1.75. The van der Waals surface area contributed by atoms with Crippen LogP contribution in [0.1, 0.15) is 25.5 Å². The number of hydrogen-bond acceptors (Lipinski definition) is 3. The van der Waals surface area contributed by atoms with Crippen LogP contribution in [0.4, 0.5) is 9.18 Å². The van der Waals surface area contributed by atoms with Gasteiger partial charge < -0.3 is 4.90 Å². The second-order valence-corrected chi connectivity index (χ2v) is 10.2.